The first-order valence-electron chi connectivity index (χ1n) is 10.4. The SMILES string of the molecule is Cc1ccc(C(=CC(=O)N2CCOCC2)c2ccc(-c3ccccc3)cc2)cc1C. The second kappa shape index (κ2) is 9.10. The van der Waals surface area contributed by atoms with E-state index >= 15 is 0 Å². The van der Waals surface area contributed by atoms with E-state index in [0.29, 0.717) is 26.3 Å². The number of nitrogens with zero attached hydrogens (tertiary/aromatic N) is 1. The van der Waals surface area contributed by atoms with E-state index in [1.54, 1.807) is 6.08 Å². The molecule has 3 nitrogen and oxygen atoms in total. The summed E-state index contributed by atoms with van der Waals surface area (Å²) in [5.41, 5.74) is 7.87. The fraction of sp³-hybridized carbons (Fsp3) is 0.222. The molecule has 3 aromatic carbocycles. The summed E-state index contributed by atoms with van der Waals surface area (Å²) in [4.78, 5) is 14.9. The predicted octanol–water partition coefficient (Wildman–Crippen LogP) is 5.26. The molecule has 30 heavy (non-hydrogen) atoms. The third-order valence-corrected chi connectivity index (χ3v) is 5.71. The van der Waals surface area contributed by atoms with Crippen molar-refractivity contribution < 1.29 is 9.53 Å². The first-order valence-corrected chi connectivity index (χ1v) is 10.4. The molecule has 3 heteroatoms. The molecule has 0 unspecified atom stereocenters. The number of carbonyl (C=O) groups excluding carboxylic acids is 1. The number of morpholine rings is 1. The third kappa shape index (κ3) is 4.52. The molecule has 0 saturated carbocycles. The van der Waals surface area contributed by atoms with Gasteiger partial charge in [-0.05, 0) is 52.8 Å². The summed E-state index contributed by atoms with van der Waals surface area (Å²) < 4.78 is 5.39. The quantitative estimate of drug-likeness (QED) is 0.562. The van der Waals surface area contributed by atoms with Crippen molar-refractivity contribution in [3.8, 4) is 11.1 Å². The molecule has 0 atom stereocenters. The Morgan fingerprint density at radius 1 is 0.800 bits per heavy atom. The fourth-order valence-electron chi connectivity index (χ4n) is 3.71. The Kier molecular flexibility index (Phi) is 6.10. The number of amides is 1. The Hall–Kier alpha value is -3.17. The number of aryl methyl sites for hydroxylation is 2. The molecule has 0 bridgehead atoms. The predicted molar refractivity (Wildman–Crippen MR) is 122 cm³/mol. The molecule has 0 N–H and O–H groups in total. The van der Waals surface area contributed by atoms with Gasteiger partial charge in [0.05, 0.1) is 13.2 Å². The molecule has 152 valence electrons. The second-order valence-electron chi connectivity index (χ2n) is 7.74. The summed E-state index contributed by atoms with van der Waals surface area (Å²) in [5, 5.41) is 0. The number of benzene rings is 3. The van der Waals surface area contributed by atoms with Crippen molar-refractivity contribution in [2.45, 2.75) is 13.8 Å². The van der Waals surface area contributed by atoms with E-state index in [1.165, 1.54) is 22.3 Å². The van der Waals surface area contributed by atoms with E-state index in [2.05, 4.69) is 68.4 Å². The minimum absolute atomic E-state index is 0.0404. The lowest BCUT2D eigenvalue weighted by Crippen LogP contribution is -2.39. The standard InChI is InChI=1S/C27H27NO2/c1-20-8-9-25(18-21(20)2)26(19-27(29)28-14-16-30-17-15-28)24-12-10-23(11-13-24)22-6-4-3-5-7-22/h3-13,18-19H,14-17H2,1-2H3. The summed E-state index contributed by atoms with van der Waals surface area (Å²) >= 11 is 0. The van der Waals surface area contributed by atoms with Gasteiger partial charge in [-0.25, -0.2) is 0 Å². The van der Waals surface area contributed by atoms with Crippen LogP contribution in [0.5, 0.6) is 0 Å². The largest absolute Gasteiger partial charge is 0.378 e. The number of ether oxygens (including phenoxy) is 1. The average molecular weight is 398 g/mol. The summed E-state index contributed by atoms with van der Waals surface area (Å²) in [6, 6.07) is 25.2. The first kappa shape index (κ1) is 20.1. The lowest BCUT2D eigenvalue weighted by Gasteiger charge is -2.26. The number of hydrogen-bond donors (Lipinski definition) is 0. The van der Waals surface area contributed by atoms with Crippen LogP contribution < -0.4 is 0 Å². The smallest absolute Gasteiger partial charge is 0.247 e. The van der Waals surface area contributed by atoms with Gasteiger partial charge < -0.3 is 9.64 Å². The van der Waals surface area contributed by atoms with Crippen molar-refractivity contribution in [2.75, 3.05) is 26.3 Å². The van der Waals surface area contributed by atoms with Gasteiger partial charge in [-0.1, -0.05) is 72.8 Å². The molecule has 1 heterocycles. The Labute approximate surface area is 178 Å². The van der Waals surface area contributed by atoms with Crippen LogP contribution in [-0.4, -0.2) is 37.1 Å². The average Bonchev–Trinajstić information content (AvgIpc) is 2.80. The van der Waals surface area contributed by atoms with Crippen LogP contribution in [0.4, 0.5) is 0 Å². The molecule has 0 radical (unpaired) electrons. The van der Waals surface area contributed by atoms with Crippen LogP contribution in [0.15, 0.2) is 78.9 Å². The van der Waals surface area contributed by atoms with Crippen molar-refractivity contribution in [3.63, 3.8) is 0 Å². The molecular formula is C27H27NO2. The number of hydrogen-bond acceptors (Lipinski definition) is 2. The zero-order chi connectivity index (χ0) is 20.9. The molecular weight excluding hydrogens is 370 g/mol. The van der Waals surface area contributed by atoms with Crippen molar-refractivity contribution in [1.82, 2.24) is 4.90 Å². The van der Waals surface area contributed by atoms with E-state index in [-0.39, 0.29) is 5.91 Å². The van der Waals surface area contributed by atoms with Gasteiger partial charge in [-0.3, -0.25) is 4.79 Å². The van der Waals surface area contributed by atoms with Gasteiger partial charge in [0.1, 0.15) is 0 Å². The third-order valence-electron chi connectivity index (χ3n) is 5.71. The lowest BCUT2D eigenvalue weighted by molar-refractivity contribution is -0.129. The van der Waals surface area contributed by atoms with Gasteiger partial charge >= 0.3 is 0 Å². The summed E-state index contributed by atoms with van der Waals surface area (Å²) in [5.74, 6) is 0.0404. The van der Waals surface area contributed by atoms with Gasteiger partial charge in [0.2, 0.25) is 5.91 Å². The van der Waals surface area contributed by atoms with Gasteiger partial charge in [-0.2, -0.15) is 0 Å². The number of rotatable bonds is 4. The van der Waals surface area contributed by atoms with Gasteiger partial charge in [-0.15, -0.1) is 0 Å². The topological polar surface area (TPSA) is 29.5 Å². The highest BCUT2D eigenvalue weighted by molar-refractivity contribution is 5.99. The number of carbonyl (C=O) groups is 1. The highest BCUT2D eigenvalue weighted by Crippen LogP contribution is 2.28. The van der Waals surface area contributed by atoms with E-state index in [1.807, 2.05) is 23.1 Å². The van der Waals surface area contributed by atoms with E-state index in [9.17, 15) is 4.79 Å². The van der Waals surface area contributed by atoms with Crippen LogP contribution in [0, 0.1) is 13.8 Å². The van der Waals surface area contributed by atoms with Gasteiger partial charge in [0.15, 0.2) is 0 Å². The van der Waals surface area contributed by atoms with Crippen LogP contribution in [-0.2, 0) is 9.53 Å². The molecule has 0 aromatic heterocycles. The van der Waals surface area contributed by atoms with Crippen LogP contribution in [0.3, 0.4) is 0 Å². The van der Waals surface area contributed by atoms with Gasteiger partial charge in [0.25, 0.3) is 0 Å². The van der Waals surface area contributed by atoms with Crippen LogP contribution in [0.1, 0.15) is 22.3 Å². The maximum atomic E-state index is 13.0. The lowest BCUT2D eigenvalue weighted by atomic mass is 9.93. The van der Waals surface area contributed by atoms with Crippen molar-refractivity contribution >= 4 is 11.5 Å². The monoisotopic (exact) mass is 397 g/mol. The van der Waals surface area contributed by atoms with Gasteiger partial charge in [0, 0.05) is 19.2 Å². The molecule has 1 saturated heterocycles. The highest BCUT2D eigenvalue weighted by Gasteiger charge is 2.17. The zero-order valence-electron chi connectivity index (χ0n) is 17.6. The van der Waals surface area contributed by atoms with Crippen LogP contribution in [0.25, 0.3) is 16.7 Å². The van der Waals surface area contributed by atoms with E-state index in [4.69, 9.17) is 4.74 Å². The first-order chi connectivity index (χ1) is 14.6. The summed E-state index contributed by atoms with van der Waals surface area (Å²) in [6.07, 6.45) is 1.78. The summed E-state index contributed by atoms with van der Waals surface area (Å²) in [7, 11) is 0. The Morgan fingerprint density at radius 3 is 2.10 bits per heavy atom. The maximum Gasteiger partial charge on any atom is 0.247 e. The van der Waals surface area contributed by atoms with Crippen molar-refractivity contribution in [1.29, 1.82) is 0 Å². The molecule has 1 aliphatic heterocycles. The zero-order valence-corrected chi connectivity index (χ0v) is 17.6. The Morgan fingerprint density at radius 2 is 1.43 bits per heavy atom. The highest BCUT2D eigenvalue weighted by atomic mass is 16.5. The molecule has 1 amide bonds. The maximum absolute atomic E-state index is 13.0. The molecule has 3 aromatic rings. The van der Waals surface area contributed by atoms with Crippen molar-refractivity contribution in [3.05, 3.63) is 101 Å². The molecule has 0 spiro atoms. The molecule has 0 aliphatic carbocycles. The van der Waals surface area contributed by atoms with Crippen LogP contribution in [0.2, 0.25) is 0 Å². The molecule has 4 rings (SSSR count). The molecule has 1 aliphatic rings. The normalized spacial score (nSPS) is 14.6. The minimum atomic E-state index is 0.0404. The van der Waals surface area contributed by atoms with E-state index in [0.717, 1.165) is 16.7 Å². The minimum Gasteiger partial charge on any atom is -0.378 e. The fourth-order valence-corrected chi connectivity index (χ4v) is 3.71. The second-order valence-corrected chi connectivity index (χ2v) is 7.74. The summed E-state index contributed by atoms with van der Waals surface area (Å²) in [6.45, 7) is 6.70. The Balaban J connectivity index is 1.72. The van der Waals surface area contributed by atoms with E-state index < -0.39 is 0 Å². The van der Waals surface area contributed by atoms with Crippen LogP contribution >= 0.6 is 0 Å². The Bertz CT molecular complexity index is 1050. The van der Waals surface area contributed by atoms with Crippen molar-refractivity contribution in [2.24, 2.45) is 0 Å². The molecule has 1 fully saturated rings.